The smallest absolute Gasteiger partial charge is 0.407 e. The Morgan fingerprint density at radius 3 is 2.07 bits per heavy atom. The maximum absolute atomic E-state index is 13.6. The lowest BCUT2D eigenvalue weighted by Gasteiger charge is -2.48. The Morgan fingerprint density at radius 1 is 0.831 bits per heavy atom. The van der Waals surface area contributed by atoms with E-state index in [0.29, 0.717) is 30.5 Å². The molecule has 11 atom stereocenters. The minimum absolute atomic E-state index is 0.0309. The molecular formula is C56H87N9O18. The number of benzene rings is 1. The molecule has 0 spiro atoms. The van der Waals surface area contributed by atoms with E-state index in [4.69, 9.17) is 34.2 Å². The zero-order valence-corrected chi connectivity index (χ0v) is 48.8. The molecule has 3 aliphatic heterocycles. The summed E-state index contributed by atoms with van der Waals surface area (Å²) in [4.78, 5) is 114. The maximum atomic E-state index is 13.6. The van der Waals surface area contributed by atoms with E-state index in [1.807, 2.05) is 6.92 Å². The molecule has 0 aromatic heterocycles. The van der Waals surface area contributed by atoms with Gasteiger partial charge in [-0.2, -0.15) is 0 Å². The van der Waals surface area contributed by atoms with Gasteiger partial charge in [0.2, 0.25) is 23.5 Å². The molecule has 83 heavy (non-hydrogen) atoms. The molecular weight excluding hydrogens is 1090 g/mol. The maximum Gasteiger partial charge on any atom is 0.407 e. The Balaban J connectivity index is 1.15. The van der Waals surface area contributed by atoms with Crippen molar-refractivity contribution in [2.24, 2.45) is 23.0 Å². The van der Waals surface area contributed by atoms with Crippen molar-refractivity contribution in [2.45, 2.75) is 173 Å². The number of nitrogens with one attached hydrogen (secondary N) is 7. The van der Waals surface area contributed by atoms with Crippen LogP contribution in [0.25, 0.3) is 0 Å². The van der Waals surface area contributed by atoms with E-state index in [-0.39, 0.29) is 107 Å². The Morgan fingerprint density at radius 2 is 1.47 bits per heavy atom. The summed E-state index contributed by atoms with van der Waals surface area (Å²) in [7, 11) is 2.65. The van der Waals surface area contributed by atoms with Crippen molar-refractivity contribution in [1.82, 2.24) is 36.8 Å². The summed E-state index contributed by atoms with van der Waals surface area (Å²) in [6.45, 7) is 14.8. The van der Waals surface area contributed by atoms with Crippen molar-refractivity contribution in [3.8, 4) is 0 Å². The number of aliphatic hydroxyl groups is 3. The molecule has 0 radical (unpaired) electrons. The predicted octanol–water partition coefficient (Wildman–Crippen LogP) is 1.62. The topological polar surface area (TPSA) is 383 Å². The zero-order valence-electron chi connectivity index (χ0n) is 48.8. The Bertz CT molecular complexity index is 2410. The van der Waals surface area contributed by atoms with Gasteiger partial charge in [0.05, 0.1) is 24.4 Å². The third-order valence-corrected chi connectivity index (χ3v) is 15.0. The van der Waals surface area contributed by atoms with Crippen molar-refractivity contribution in [3.05, 3.63) is 54.1 Å². The minimum Gasteiger partial charge on any atom is -0.447 e. The van der Waals surface area contributed by atoms with Crippen LogP contribution in [0.5, 0.6) is 0 Å². The van der Waals surface area contributed by atoms with E-state index in [1.54, 1.807) is 58.9 Å². The van der Waals surface area contributed by atoms with Gasteiger partial charge in [-0.05, 0) is 62.6 Å². The van der Waals surface area contributed by atoms with Crippen LogP contribution in [0.1, 0.15) is 111 Å². The molecule has 1 aromatic carbocycles. The highest BCUT2D eigenvalue weighted by Gasteiger charge is 2.52. The summed E-state index contributed by atoms with van der Waals surface area (Å²) in [6.07, 6.45) is -4.05. The molecule has 10 amide bonds. The fourth-order valence-electron chi connectivity index (χ4n) is 9.45. The number of ether oxygens (including phenoxy) is 6. The third kappa shape index (κ3) is 21.1. The summed E-state index contributed by atoms with van der Waals surface area (Å²) >= 11 is 0. The van der Waals surface area contributed by atoms with Crippen LogP contribution < -0.4 is 43.0 Å². The van der Waals surface area contributed by atoms with E-state index in [9.17, 15) is 58.5 Å². The van der Waals surface area contributed by atoms with E-state index in [0.717, 1.165) is 10.5 Å². The monoisotopic (exact) mass is 1170 g/mol. The zero-order chi connectivity index (χ0) is 61.6. The highest BCUT2D eigenvalue weighted by Crippen LogP contribution is 2.41. The number of unbranched alkanes of at least 4 members (excludes halogenated alkanes) is 2. The standard InChI is InChI=1S/C56H87N9O18/c1-32(2)46(63-43(68)16-11-10-12-26-65-44(69)21-22-45(65)70)49(73)62-39(15-13-23-58-52(57)75)48(72)61-37-19-17-36(18-20-37)30-80-53(76)59-24-14-25-60-54(77)81-31-38(66)27-42-55(6,7)41(67)28-40(82-42)51(78-8)64-50(74)47(71)56(79-9)29-33(3)34(4)35(5)83-56/h17-22,32,34-35,38-42,46-47,51,66-67,71H,3,10-16,23-31H2,1-2,4-9H3,(H,59,76)(H,60,77)(H,61,72)(H,62,73)(H,63,68)(H,64,74)(H3,57,58,75)/t34-,35-,38+,39+,40?,41-,42-,46+,47-,51+,56-/m1/s1. The first-order valence-corrected chi connectivity index (χ1v) is 28.0. The number of aliphatic hydroxyl groups excluding tert-OH is 3. The second-order valence-corrected chi connectivity index (χ2v) is 22.0. The average molecular weight is 1170 g/mol. The van der Waals surface area contributed by atoms with Gasteiger partial charge in [-0.25, -0.2) is 14.4 Å². The first-order chi connectivity index (χ1) is 39.2. The van der Waals surface area contributed by atoms with Crippen molar-refractivity contribution in [3.63, 3.8) is 0 Å². The Labute approximate surface area is 484 Å². The van der Waals surface area contributed by atoms with Crippen molar-refractivity contribution in [1.29, 1.82) is 0 Å². The number of nitrogens with zero attached hydrogens (tertiary/aromatic N) is 1. The molecule has 27 heteroatoms. The highest BCUT2D eigenvalue weighted by molar-refractivity contribution is 6.12. The second-order valence-electron chi connectivity index (χ2n) is 22.0. The van der Waals surface area contributed by atoms with Crippen LogP contribution in [-0.2, 0) is 63.8 Å². The van der Waals surface area contributed by atoms with Crippen molar-refractivity contribution < 1.29 is 86.9 Å². The Hall–Kier alpha value is -6.75. The number of urea groups is 1. The number of anilines is 1. The second kappa shape index (κ2) is 32.9. The molecule has 0 saturated carbocycles. The first-order valence-electron chi connectivity index (χ1n) is 28.0. The molecule has 0 bridgehead atoms. The van der Waals surface area contributed by atoms with Crippen LogP contribution in [0.3, 0.4) is 0 Å². The lowest BCUT2D eigenvalue weighted by molar-refractivity contribution is -0.298. The third-order valence-electron chi connectivity index (χ3n) is 15.0. The molecule has 1 unspecified atom stereocenters. The molecule has 2 saturated heterocycles. The average Bonchev–Trinajstić information content (AvgIpc) is 3.92. The van der Waals surface area contributed by atoms with Crippen molar-refractivity contribution in [2.75, 3.05) is 52.3 Å². The van der Waals surface area contributed by atoms with E-state index in [1.165, 1.54) is 26.4 Å². The number of rotatable bonds is 32. The molecule has 12 N–H and O–H groups in total. The van der Waals surface area contributed by atoms with Gasteiger partial charge in [0.15, 0.2) is 12.3 Å². The number of nitrogens with two attached hydrogens (primary N) is 1. The molecule has 1 aromatic rings. The van der Waals surface area contributed by atoms with Gasteiger partial charge in [0, 0.05) is 95.3 Å². The number of hydrogen-bond acceptors (Lipinski definition) is 18. The summed E-state index contributed by atoms with van der Waals surface area (Å²) in [6, 6.07) is 3.57. The van der Waals surface area contributed by atoms with E-state index < -0.39 is 109 Å². The quantitative estimate of drug-likeness (QED) is 0.0211. The fraction of sp³-hybridized carbons (Fsp3) is 0.661. The molecule has 464 valence electrons. The van der Waals surface area contributed by atoms with Crippen LogP contribution in [0.15, 0.2) is 48.6 Å². The fourth-order valence-corrected chi connectivity index (χ4v) is 9.45. The predicted molar refractivity (Wildman–Crippen MR) is 299 cm³/mol. The number of primary amides is 1. The molecule has 0 aliphatic carbocycles. The van der Waals surface area contributed by atoms with Gasteiger partial charge in [0.1, 0.15) is 31.4 Å². The van der Waals surface area contributed by atoms with Crippen LogP contribution in [0.2, 0.25) is 0 Å². The minimum atomic E-state index is -1.78. The van der Waals surface area contributed by atoms with Crippen LogP contribution in [-0.4, -0.2) is 182 Å². The number of carbonyl (C=O) groups is 9. The van der Waals surface area contributed by atoms with Gasteiger partial charge >= 0.3 is 18.2 Å². The largest absolute Gasteiger partial charge is 0.447 e. The summed E-state index contributed by atoms with van der Waals surface area (Å²) in [5.74, 6) is -5.24. The van der Waals surface area contributed by atoms with E-state index in [2.05, 4.69) is 43.8 Å². The van der Waals surface area contributed by atoms with Gasteiger partial charge in [-0.15, -0.1) is 0 Å². The number of carbonyl (C=O) groups excluding carboxylic acids is 9. The highest BCUT2D eigenvalue weighted by atomic mass is 16.7. The molecule has 4 rings (SSSR count). The first kappa shape index (κ1) is 68.7. The van der Waals surface area contributed by atoms with Crippen molar-refractivity contribution >= 4 is 59.3 Å². The number of amides is 10. The molecule has 3 heterocycles. The van der Waals surface area contributed by atoms with Crippen LogP contribution in [0, 0.1) is 17.3 Å². The van der Waals surface area contributed by atoms with Gasteiger partial charge in [-0.3, -0.25) is 33.7 Å². The number of imide groups is 1. The number of hydrogen-bond donors (Lipinski definition) is 11. The normalized spacial score (nSPS) is 23.0. The van der Waals surface area contributed by atoms with Gasteiger partial charge in [0.25, 0.3) is 17.7 Å². The van der Waals surface area contributed by atoms with Gasteiger partial charge in [-0.1, -0.05) is 65.3 Å². The summed E-state index contributed by atoms with van der Waals surface area (Å²) in [5, 5.41) is 51.7. The number of methoxy groups -OCH3 is 2. The van der Waals surface area contributed by atoms with Crippen LogP contribution >= 0.6 is 0 Å². The molecule has 2 fully saturated rings. The summed E-state index contributed by atoms with van der Waals surface area (Å²) in [5.41, 5.74) is 5.99. The number of alkyl carbamates (subject to hydrolysis) is 2. The van der Waals surface area contributed by atoms with Crippen LogP contribution in [0.4, 0.5) is 20.1 Å². The van der Waals surface area contributed by atoms with E-state index >= 15 is 0 Å². The molecule has 3 aliphatic rings. The molecule has 27 nitrogen and oxygen atoms in total. The van der Waals surface area contributed by atoms with Gasteiger partial charge < -0.3 is 86.7 Å². The summed E-state index contributed by atoms with van der Waals surface area (Å²) < 4.78 is 33.9. The lowest BCUT2D eigenvalue weighted by atomic mass is 9.74. The SMILES string of the molecule is C=C1C[C@](OC)([C@H](O)C(=O)N[C@@H](OC)C2C[C@@H](O)C(C)(C)[C@@H](C[C@H](O)COC(=O)NCCCNC(=O)OCc3ccc(NC(=O)[C@H](CCCNC(N)=O)NC(=O)[C@@H](NC(=O)CCCCCN4C(=O)C=CC4=O)C(C)C)cc3)O2)O[C@H](C)[C@@H]1C. The Kier molecular flexibility index (Phi) is 27.3. The lowest BCUT2D eigenvalue weighted by Crippen LogP contribution is -2.62.